The molecule has 1 aromatic rings. The summed E-state index contributed by atoms with van der Waals surface area (Å²) < 4.78 is 0. The minimum atomic E-state index is 0. The van der Waals surface area contributed by atoms with Crippen LogP contribution in [0.3, 0.4) is 0 Å². The lowest BCUT2D eigenvalue weighted by molar-refractivity contribution is 0.0754. The number of carbonyl (C=O) groups is 1. The Morgan fingerprint density at radius 3 is 2.86 bits per heavy atom. The zero-order valence-electron chi connectivity index (χ0n) is 13.2. The van der Waals surface area contributed by atoms with Crippen LogP contribution >= 0.6 is 24.8 Å². The van der Waals surface area contributed by atoms with Crippen LogP contribution < -0.4 is 5.73 Å². The second kappa shape index (κ2) is 10.0. The Balaban J connectivity index is 0.00000220. The molecule has 1 aliphatic rings. The fourth-order valence-electron chi connectivity index (χ4n) is 2.86. The third kappa shape index (κ3) is 5.09. The highest BCUT2D eigenvalue weighted by Crippen LogP contribution is 2.18. The summed E-state index contributed by atoms with van der Waals surface area (Å²) in [5.41, 5.74) is 6.99. The Kier molecular flexibility index (Phi) is 9.60. The SMILES string of the molecule is CCN1CCCC1CN(C)C(=O)c1ccnc(CN)c1.Cl.Cl. The monoisotopic (exact) mass is 348 g/mol. The molecule has 1 unspecified atom stereocenters. The van der Waals surface area contributed by atoms with E-state index in [1.165, 1.54) is 12.8 Å². The Labute approximate surface area is 145 Å². The topological polar surface area (TPSA) is 62.5 Å². The van der Waals surface area contributed by atoms with E-state index in [1.54, 1.807) is 18.3 Å². The summed E-state index contributed by atoms with van der Waals surface area (Å²) in [5, 5.41) is 0. The summed E-state index contributed by atoms with van der Waals surface area (Å²) in [5.74, 6) is 0.0463. The van der Waals surface area contributed by atoms with E-state index in [-0.39, 0.29) is 30.7 Å². The van der Waals surface area contributed by atoms with Crippen LogP contribution in [0.15, 0.2) is 18.3 Å². The Bertz CT molecular complexity index is 473. The summed E-state index contributed by atoms with van der Waals surface area (Å²) in [7, 11) is 1.87. The molecule has 0 aromatic carbocycles. The number of nitrogens with two attached hydrogens (primary N) is 1. The minimum absolute atomic E-state index is 0. The molecular formula is C15H26Cl2N4O. The molecule has 2 heterocycles. The number of likely N-dealkylation sites (N-methyl/N-ethyl adjacent to an activating group) is 2. The fraction of sp³-hybridized carbons (Fsp3) is 0.600. The lowest BCUT2D eigenvalue weighted by atomic mass is 10.1. The molecule has 5 nitrogen and oxygen atoms in total. The van der Waals surface area contributed by atoms with Gasteiger partial charge in [0.1, 0.15) is 0 Å². The van der Waals surface area contributed by atoms with Crippen LogP contribution in [-0.2, 0) is 6.54 Å². The van der Waals surface area contributed by atoms with Gasteiger partial charge in [0.2, 0.25) is 0 Å². The van der Waals surface area contributed by atoms with E-state index in [4.69, 9.17) is 5.73 Å². The molecule has 1 aromatic heterocycles. The van der Waals surface area contributed by atoms with Gasteiger partial charge in [-0.1, -0.05) is 6.92 Å². The second-order valence-electron chi connectivity index (χ2n) is 5.35. The molecule has 2 N–H and O–H groups in total. The average molecular weight is 349 g/mol. The number of nitrogens with zero attached hydrogens (tertiary/aromatic N) is 3. The van der Waals surface area contributed by atoms with E-state index in [9.17, 15) is 4.79 Å². The summed E-state index contributed by atoms with van der Waals surface area (Å²) in [6.45, 7) is 5.52. The van der Waals surface area contributed by atoms with E-state index >= 15 is 0 Å². The third-order valence-electron chi connectivity index (χ3n) is 4.01. The number of halogens is 2. The zero-order chi connectivity index (χ0) is 14.5. The van der Waals surface area contributed by atoms with Gasteiger partial charge in [-0.15, -0.1) is 24.8 Å². The lowest BCUT2D eigenvalue weighted by Crippen LogP contribution is -2.41. The van der Waals surface area contributed by atoms with Crippen LogP contribution in [0.5, 0.6) is 0 Å². The molecule has 1 aliphatic heterocycles. The number of rotatable bonds is 5. The first-order valence-electron chi connectivity index (χ1n) is 7.30. The van der Waals surface area contributed by atoms with Crippen molar-refractivity contribution in [3.05, 3.63) is 29.6 Å². The van der Waals surface area contributed by atoms with Crippen LogP contribution in [-0.4, -0.2) is 53.4 Å². The summed E-state index contributed by atoms with van der Waals surface area (Å²) in [6.07, 6.45) is 4.06. The van der Waals surface area contributed by atoms with Gasteiger partial charge in [-0.25, -0.2) is 0 Å². The van der Waals surface area contributed by atoms with Gasteiger partial charge in [-0.05, 0) is 38.1 Å². The highest BCUT2D eigenvalue weighted by Gasteiger charge is 2.25. The number of aromatic nitrogens is 1. The highest BCUT2D eigenvalue weighted by atomic mass is 35.5. The summed E-state index contributed by atoms with van der Waals surface area (Å²) in [4.78, 5) is 20.8. The maximum Gasteiger partial charge on any atom is 0.253 e. The van der Waals surface area contributed by atoms with Crippen LogP contribution in [0.1, 0.15) is 35.8 Å². The number of hydrogen-bond donors (Lipinski definition) is 1. The number of carbonyl (C=O) groups excluding carboxylic acids is 1. The predicted molar refractivity (Wildman–Crippen MR) is 93.9 cm³/mol. The molecule has 1 fully saturated rings. The van der Waals surface area contributed by atoms with Gasteiger partial charge in [0.25, 0.3) is 5.91 Å². The van der Waals surface area contributed by atoms with Crippen molar-refractivity contribution in [2.24, 2.45) is 5.73 Å². The Morgan fingerprint density at radius 2 is 2.23 bits per heavy atom. The molecule has 2 rings (SSSR count). The smallest absolute Gasteiger partial charge is 0.253 e. The Morgan fingerprint density at radius 1 is 1.50 bits per heavy atom. The van der Waals surface area contributed by atoms with Gasteiger partial charge >= 0.3 is 0 Å². The van der Waals surface area contributed by atoms with Crippen LogP contribution in [0, 0.1) is 0 Å². The van der Waals surface area contributed by atoms with E-state index in [0.29, 0.717) is 18.2 Å². The molecule has 1 saturated heterocycles. The van der Waals surface area contributed by atoms with Gasteiger partial charge in [-0.3, -0.25) is 14.7 Å². The molecule has 7 heteroatoms. The maximum atomic E-state index is 12.4. The maximum absolute atomic E-state index is 12.4. The third-order valence-corrected chi connectivity index (χ3v) is 4.01. The molecule has 22 heavy (non-hydrogen) atoms. The van der Waals surface area contributed by atoms with Gasteiger partial charge in [0, 0.05) is 37.9 Å². The zero-order valence-corrected chi connectivity index (χ0v) is 14.8. The molecule has 1 atom stereocenters. The van der Waals surface area contributed by atoms with Crippen molar-refractivity contribution < 1.29 is 4.79 Å². The largest absolute Gasteiger partial charge is 0.340 e. The average Bonchev–Trinajstić information content (AvgIpc) is 2.93. The van der Waals surface area contributed by atoms with Crippen molar-refractivity contribution in [2.45, 2.75) is 32.4 Å². The quantitative estimate of drug-likeness (QED) is 0.883. The number of amides is 1. The van der Waals surface area contributed by atoms with E-state index < -0.39 is 0 Å². The van der Waals surface area contributed by atoms with Crippen LogP contribution in [0.4, 0.5) is 0 Å². The van der Waals surface area contributed by atoms with Gasteiger partial charge < -0.3 is 10.6 Å². The standard InChI is InChI=1S/C15H24N4O.2ClH/c1-3-19-8-4-5-14(19)11-18(2)15(20)12-6-7-17-13(9-12)10-16;;/h6-7,9,14H,3-5,8,10-11,16H2,1-2H3;2*1H. The van der Waals surface area contributed by atoms with Gasteiger partial charge in [0.05, 0.1) is 5.69 Å². The van der Waals surface area contributed by atoms with Crippen molar-refractivity contribution in [2.75, 3.05) is 26.7 Å². The molecular weight excluding hydrogens is 323 g/mol. The van der Waals surface area contributed by atoms with Crippen molar-refractivity contribution in [3.8, 4) is 0 Å². The number of likely N-dealkylation sites (tertiary alicyclic amines) is 1. The predicted octanol–water partition coefficient (Wildman–Crippen LogP) is 1.94. The van der Waals surface area contributed by atoms with Crippen LogP contribution in [0.2, 0.25) is 0 Å². The number of pyridine rings is 1. The second-order valence-corrected chi connectivity index (χ2v) is 5.35. The normalized spacial score (nSPS) is 17.5. The van der Waals surface area contributed by atoms with Crippen molar-refractivity contribution in [1.82, 2.24) is 14.8 Å². The van der Waals surface area contributed by atoms with Crippen molar-refractivity contribution in [1.29, 1.82) is 0 Å². The lowest BCUT2D eigenvalue weighted by Gasteiger charge is -2.27. The summed E-state index contributed by atoms with van der Waals surface area (Å²) in [6, 6.07) is 4.03. The molecule has 0 bridgehead atoms. The van der Waals surface area contributed by atoms with E-state index in [2.05, 4.69) is 16.8 Å². The molecule has 0 radical (unpaired) electrons. The Hall–Kier alpha value is -0.880. The first-order chi connectivity index (χ1) is 9.65. The molecule has 0 saturated carbocycles. The van der Waals surface area contributed by atoms with E-state index in [0.717, 1.165) is 25.3 Å². The van der Waals surface area contributed by atoms with E-state index in [1.807, 2.05) is 11.9 Å². The first kappa shape index (κ1) is 21.1. The molecule has 1 amide bonds. The summed E-state index contributed by atoms with van der Waals surface area (Å²) >= 11 is 0. The molecule has 0 aliphatic carbocycles. The number of hydrogen-bond acceptors (Lipinski definition) is 4. The minimum Gasteiger partial charge on any atom is -0.340 e. The van der Waals surface area contributed by atoms with Gasteiger partial charge in [-0.2, -0.15) is 0 Å². The fourth-order valence-corrected chi connectivity index (χ4v) is 2.86. The highest BCUT2D eigenvalue weighted by molar-refractivity contribution is 5.94. The van der Waals surface area contributed by atoms with Crippen molar-refractivity contribution >= 4 is 30.7 Å². The van der Waals surface area contributed by atoms with Gasteiger partial charge in [0.15, 0.2) is 0 Å². The first-order valence-corrected chi connectivity index (χ1v) is 7.30. The molecule has 126 valence electrons. The van der Waals surface area contributed by atoms with Crippen molar-refractivity contribution in [3.63, 3.8) is 0 Å². The molecule has 0 spiro atoms. The van der Waals surface area contributed by atoms with Crippen LogP contribution in [0.25, 0.3) is 0 Å².